The molecule has 0 spiro atoms. The molecular weight excluding hydrogens is 440 g/mol. The average Bonchev–Trinajstić information content (AvgIpc) is 2.79. The Hall–Kier alpha value is -0.360. The summed E-state index contributed by atoms with van der Waals surface area (Å²) >= 11 is 0. The molecule has 0 amide bonds. The van der Waals surface area contributed by atoms with Crippen molar-refractivity contribution in [3.8, 4) is 0 Å². The van der Waals surface area contributed by atoms with E-state index in [-0.39, 0.29) is 23.4 Å². The lowest BCUT2D eigenvalue weighted by Gasteiger charge is -2.06. The number of hydrogen-bond acceptors (Lipinski definition) is 6. The molecule has 0 saturated heterocycles. The molecule has 0 radical (unpaired) electrons. The molecule has 0 aromatic rings. The van der Waals surface area contributed by atoms with E-state index in [9.17, 15) is 9.59 Å². The van der Waals surface area contributed by atoms with Crippen LogP contribution in [0.15, 0.2) is 0 Å². The molecule has 0 aromatic heterocycles. The summed E-state index contributed by atoms with van der Waals surface area (Å²) in [5.41, 5.74) is 0. The number of ether oxygens (including phenoxy) is 2. The SMILES string of the molecule is CCCCCCCCCCCOC(=O)CSSCC(=O)OCCCCCCCCCCC. The zero-order valence-corrected chi connectivity index (χ0v) is 22.6. The second-order valence-electron chi connectivity index (χ2n) is 8.62. The number of carbonyl (C=O) groups is 2. The third kappa shape index (κ3) is 25.9. The Morgan fingerprint density at radius 2 is 0.750 bits per heavy atom. The largest absolute Gasteiger partial charge is 0.465 e. The fourth-order valence-corrected chi connectivity index (χ4v) is 5.06. The maximum absolute atomic E-state index is 11.7. The monoisotopic (exact) mass is 490 g/mol. The van der Waals surface area contributed by atoms with Crippen LogP contribution in [0.2, 0.25) is 0 Å². The van der Waals surface area contributed by atoms with E-state index in [4.69, 9.17) is 9.47 Å². The van der Waals surface area contributed by atoms with Gasteiger partial charge in [-0.1, -0.05) is 138 Å². The van der Waals surface area contributed by atoms with E-state index >= 15 is 0 Å². The molecule has 0 saturated carbocycles. The standard InChI is InChI=1S/C26H50O4S2/c1-3-5-7-9-11-13-15-17-19-21-29-25(27)23-31-32-24-26(28)30-22-20-18-16-14-12-10-8-6-4-2/h3-24H2,1-2H3. The van der Waals surface area contributed by atoms with Crippen LogP contribution in [0, 0.1) is 0 Å². The Morgan fingerprint density at radius 1 is 0.469 bits per heavy atom. The first kappa shape index (κ1) is 31.6. The van der Waals surface area contributed by atoms with E-state index in [2.05, 4.69) is 13.8 Å². The van der Waals surface area contributed by atoms with Gasteiger partial charge in [0.2, 0.25) is 0 Å². The molecule has 190 valence electrons. The summed E-state index contributed by atoms with van der Waals surface area (Å²) in [5, 5.41) is 0. The Labute approximate surface area is 206 Å². The van der Waals surface area contributed by atoms with Gasteiger partial charge in [-0.25, -0.2) is 0 Å². The second-order valence-corrected chi connectivity index (χ2v) is 11.1. The molecule has 0 aliphatic heterocycles. The zero-order valence-electron chi connectivity index (χ0n) is 21.0. The topological polar surface area (TPSA) is 52.6 Å². The summed E-state index contributed by atoms with van der Waals surface area (Å²) in [7, 11) is 2.74. The molecule has 0 aliphatic carbocycles. The molecule has 0 unspecified atom stereocenters. The summed E-state index contributed by atoms with van der Waals surface area (Å²) in [6, 6.07) is 0. The quantitative estimate of drug-likeness (QED) is 0.0726. The first-order valence-electron chi connectivity index (χ1n) is 13.3. The Bertz CT molecular complexity index is 381. The van der Waals surface area contributed by atoms with Gasteiger partial charge in [0, 0.05) is 0 Å². The third-order valence-electron chi connectivity index (χ3n) is 5.46. The number of unbranched alkanes of at least 4 members (excludes halogenated alkanes) is 16. The lowest BCUT2D eigenvalue weighted by atomic mass is 10.1. The van der Waals surface area contributed by atoms with E-state index in [0.717, 1.165) is 25.7 Å². The van der Waals surface area contributed by atoms with Gasteiger partial charge in [-0.3, -0.25) is 9.59 Å². The van der Waals surface area contributed by atoms with Crippen molar-refractivity contribution in [3.63, 3.8) is 0 Å². The van der Waals surface area contributed by atoms with Crippen LogP contribution in [0.5, 0.6) is 0 Å². The summed E-state index contributed by atoms with van der Waals surface area (Å²) in [6.45, 7) is 5.51. The predicted octanol–water partition coefficient (Wildman–Crippen LogP) is 8.52. The molecule has 0 bridgehead atoms. The highest BCUT2D eigenvalue weighted by atomic mass is 33.1. The van der Waals surface area contributed by atoms with Gasteiger partial charge in [-0.15, -0.1) is 0 Å². The van der Waals surface area contributed by atoms with E-state index < -0.39 is 0 Å². The summed E-state index contributed by atoms with van der Waals surface area (Å²) in [6.07, 6.45) is 22.6. The Kier molecular flexibility index (Phi) is 26.6. The van der Waals surface area contributed by atoms with Crippen LogP contribution in [0.4, 0.5) is 0 Å². The highest BCUT2D eigenvalue weighted by Gasteiger charge is 2.07. The van der Waals surface area contributed by atoms with Crippen LogP contribution in [0.1, 0.15) is 129 Å². The van der Waals surface area contributed by atoms with Crippen molar-refractivity contribution in [3.05, 3.63) is 0 Å². The van der Waals surface area contributed by atoms with E-state index in [0.29, 0.717) is 13.2 Å². The van der Waals surface area contributed by atoms with Crippen molar-refractivity contribution < 1.29 is 19.1 Å². The number of carbonyl (C=O) groups excluding carboxylic acids is 2. The molecule has 4 nitrogen and oxygen atoms in total. The van der Waals surface area contributed by atoms with Gasteiger partial charge in [0.25, 0.3) is 0 Å². The van der Waals surface area contributed by atoms with Crippen molar-refractivity contribution in [1.82, 2.24) is 0 Å². The molecule has 0 atom stereocenters. The van der Waals surface area contributed by atoms with E-state index in [1.165, 1.54) is 111 Å². The minimum atomic E-state index is -0.190. The van der Waals surface area contributed by atoms with Crippen LogP contribution in [0.25, 0.3) is 0 Å². The summed E-state index contributed by atoms with van der Waals surface area (Å²) in [4.78, 5) is 23.4. The zero-order chi connectivity index (χ0) is 23.5. The number of esters is 2. The van der Waals surface area contributed by atoms with E-state index in [1.807, 2.05) is 0 Å². The van der Waals surface area contributed by atoms with Gasteiger partial charge in [0.1, 0.15) is 11.5 Å². The lowest BCUT2D eigenvalue weighted by molar-refractivity contribution is -0.141. The smallest absolute Gasteiger partial charge is 0.316 e. The minimum absolute atomic E-state index is 0.190. The molecule has 0 N–H and O–H groups in total. The maximum Gasteiger partial charge on any atom is 0.316 e. The second kappa shape index (κ2) is 26.9. The van der Waals surface area contributed by atoms with Crippen LogP contribution >= 0.6 is 21.6 Å². The third-order valence-corrected chi connectivity index (χ3v) is 7.54. The van der Waals surface area contributed by atoms with Crippen LogP contribution < -0.4 is 0 Å². The van der Waals surface area contributed by atoms with Crippen LogP contribution in [-0.4, -0.2) is 36.7 Å². The first-order chi connectivity index (χ1) is 15.7. The molecular formula is C26H50O4S2. The number of rotatable bonds is 25. The average molecular weight is 491 g/mol. The lowest BCUT2D eigenvalue weighted by Crippen LogP contribution is -2.10. The molecule has 0 rings (SSSR count). The van der Waals surface area contributed by atoms with Gasteiger partial charge >= 0.3 is 11.9 Å². The highest BCUT2D eigenvalue weighted by molar-refractivity contribution is 8.77. The predicted molar refractivity (Wildman–Crippen MR) is 141 cm³/mol. The Balaban J connectivity index is 3.29. The van der Waals surface area contributed by atoms with E-state index in [1.54, 1.807) is 0 Å². The fourth-order valence-electron chi connectivity index (χ4n) is 3.46. The van der Waals surface area contributed by atoms with Crippen molar-refractivity contribution >= 4 is 33.5 Å². The molecule has 32 heavy (non-hydrogen) atoms. The summed E-state index contributed by atoms with van der Waals surface area (Å²) in [5.74, 6) is 0.191. The normalized spacial score (nSPS) is 10.9. The van der Waals surface area contributed by atoms with Crippen LogP contribution in [-0.2, 0) is 19.1 Å². The van der Waals surface area contributed by atoms with Gasteiger partial charge in [0.15, 0.2) is 0 Å². The van der Waals surface area contributed by atoms with Gasteiger partial charge in [0.05, 0.1) is 13.2 Å². The Morgan fingerprint density at radius 3 is 1.06 bits per heavy atom. The van der Waals surface area contributed by atoms with Gasteiger partial charge in [-0.05, 0) is 12.8 Å². The number of hydrogen-bond donors (Lipinski definition) is 0. The molecule has 6 heteroatoms. The van der Waals surface area contributed by atoms with Crippen LogP contribution in [0.3, 0.4) is 0 Å². The molecule has 0 fully saturated rings. The highest BCUT2D eigenvalue weighted by Crippen LogP contribution is 2.21. The minimum Gasteiger partial charge on any atom is -0.465 e. The van der Waals surface area contributed by atoms with Gasteiger partial charge in [-0.2, -0.15) is 0 Å². The maximum atomic E-state index is 11.7. The first-order valence-corrected chi connectivity index (χ1v) is 15.7. The molecule has 0 aromatic carbocycles. The molecule has 0 heterocycles. The molecule has 0 aliphatic rings. The van der Waals surface area contributed by atoms with Crippen molar-refractivity contribution in [2.45, 2.75) is 129 Å². The van der Waals surface area contributed by atoms with Crippen molar-refractivity contribution in [2.24, 2.45) is 0 Å². The van der Waals surface area contributed by atoms with Crippen molar-refractivity contribution in [1.29, 1.82) is 0 Å². The summed E-state index contributed by atoms with van der Waals surface area (Å²) < 4.78 is 10.5. The van der Waals surface area contributed by atoms with Crippen molar-refractivity contribution in [2.75, 3.05) is 24.7 Å². The fraction of sp³-hybridized carbons (Fsp3) is 0.923. The van der Waals surface area contributed by atoms with Gasteiger partial charge < -0.3 is 9.47 Å².